The monoisotopic (exact) mass is 1230 g/mol. The van der Waals surface area contributed by atoms with Crippen LogP contribution >= 0.6 is 0 Å². The Morgan fingerprint density at radius 2 is 1.38 bits per heavy atom. The molecule has 90 heavy (non-hydrogen) atoms. The average Bonchev–Trinajstić information content (AvgIpc) is 1.62. The minimum Gasteiger partial charge on any atom is -0.394 e. The van der Waals surface area contributed by atoms with Gasteiger partial charge in [0.2, 0.25) is 11.3 Å². The predicted octanol–water partition coefficient (Wildman–Crippen LogP) is 2.10. The first-order valence-electron chi connectivity index (χ1n) is 28.0. The molecule has 14 N–H and O–H groups in total. The molecule has 0 saturated carbocycles. The summed E-state index contributed by atoms with van der Waals surface area (Å²) in [6.07, 6.45) is -2.24. The molecule has 7 aromatic heterocycles. The molecule has 3 amide bonds. The van der Waals surface area contributed by atoms with E-state index in [0.717, 1.165) is 63.2 Å². The van der Waals surface area contributed by atoms with Crippen molar-refractivity contribution in [2.45, 2.75) is 76.4 Å². The van der Waals surface area contributed by atoms with Crippen LogP contribution in [0, 0.1) is 13.8 Å². The van der Waals surface area contributed by atoms with Gasteiger partial charge in [0.25, 0.3) is 11.8 Å². The van der Waals surface area contributed by atoms with Gasteiger partial charge in [-0.3, -0.25) is 28.7 Å². The molecule has 13 rings (SSSR count). The quantitative estimate of drug-likeness (QED) is 0.0834. The van der Waals surface area contributed by atoms with E-state index in [0.29, 0.717) is 51.7 Å². The summed E-state index contributed by atoms with van der Waals surface area (Å²) in [7, 11) is 1.72. The molecule has 0 bridgehead atoms. The molecule has 29 heteroatoms. The number of amidine groups is 1. The standard InChI is InChI=1S/C35H30N6O2.C13H16N6O4.C13H15N5O6.H2/c1-22-7-4-9-27(19-22)35(43)37-21-25-12-14-29(15-13-25)41-33(30-11-6-18-36-23(30)2)40-32-17-16-31(39-34(32)41)26-8-5-10-28(20-26)38-24(3)42;1-18-11-7-5(10(14)17-18)2-19(12(7)16-4-15-11)13-9(22)8(21)6(3-20)23-13;14-10-6-7(20)4(11(15)23)1-18(12(6)17-3-16-10)13-9(22)8(21)5(2-19)24-13;/h4-20H,21H2,1-3H3,(H,37,43)(H,38,42);2,4,6,8-9,13,20-22H,3H2,1H3,(H2,14,17);1,3,5,8-9,13,19,21-22H,2H2,(H2,15,23)(H2,14,16,17);1H. The summed E-state index contributed by atoms with van der Waals surface area (Å²) >= 11 is 0. The van der Waals surface area contributed by atoms with Crippen molar-refractivity contribution in [3.8, 4) is 28.3 Å². The summed E-state index contributed by atoms with van der Waals surface area (Å²) < 4.78 is 15.8. The van der Waals surface area contributed by atoms with Crippen molar-refractivity contribution in [3.05, 3.63) is 172 Å². The molecule has 8 unspecified atom stereocenters. The second-order valence-electron chi connectivity index (χ2n) is 21.3. The molecular weight excluding hydrogens is 1160 g/mol. The van der Waals surface area contributed by atoms with Crippen molar-refractivity contribution >= 4 is 74.1 Å². The van der Waals surface area contributed by atoms with Crippen molar-refractivity contribution in [1.29, 1.82) is 0 Å². The number of hydrazone groups is 1. The zero-order valence-electron chi connectivity index (χ0n) is 48.6. The highest BCUT2D eigenvalue weighted by Crippen LogP contribution is 2.38. The molecule has 2 fully saturated rings. The zero-order valence-corrected chi connectivity index (χ0v) is 48.6. The molecule has 8 atom stereocenters. The number of aliphatic hydroxyl groups excluding tert-OH is 6. The number of benzene rings is 3. The molecular formula is C61H63N17O12. The number of primary amides is 1. The summed E-state index contributed by atoms with van der Waals surface area (Å²) in [6.45, 7) is 4.89. The van der Waals surface area contributed by atoms with Crippen molar-refractivity contribution < 1.29 is 55.9 Å². The highest BCUT2D eigenvalue weighted by Gasteiger charge is 2.46. The van der Waals surface area contributed by atoms with Gasteiger partial charge in [-0.25, -0.2) is 34.9 Å². The summed E-state index contributed by atoms with van der Waals surface area (Å²) in [4.78, 5) is 78.8. The Morgan fingerprint density at radius 1 is 0.711 bits per heavy atom. The third-order valence-corrected chi connectivity index (χ3v) is 15.3. The maximum Gasteiger partial charge on any atom is 0.254 e. The SMILES string of the molecule is CC(=O)Nc1cccc(-c2ccc3nc(-c4cccnc4C)n(-c4ccc(CNC(=O)c5cccc(C)c5)cc4)c3n2)c1.CN1N=C(N)c2cn(C3OC(CO)C(O)C3O)c3ncnc1c23.NC(=O)c1cn(C2OC(CO)C(O)C2O)c2ncnc(N)c2c1=O.[HH]. The molecule has 0 aliphatic carbocycles. The first-order chi connectivity index (χ1) is 43.2. The Balaban J connectivity index is 0.000000161. The summed E-state index contributed by atoms with van der Waals surface area (Å²) in [5.41, 5.74) is 25.9. The molecule has 2 saturated heterocycles. The molecule has 10 heterocycles. The zero-order chi connectivity index (χ0) is 63.8. The summed E-state index contributed by atoms with van der Waals surface area (Å²) in [5.74, 6) is 0.197. The van der Waals surface area contributed by atoms with Crippen LogP contribution in [0.15, 0.2) is 138 Å². The number of imidazole rings is 1. The van der Waals surface area contributed by atoms with Gasteiger partial charge in [-0.2, -0.15) is 5.10 Å². The number of nitrogen functional groups attached to an aromatic ring is 1. The van der Waals surface area contributed by atoms with Gasteiger partial charge < -0.3 is 77.1 Å². The number of aromatic nitrogens is 10. The Hall–Kier alpha value is -10.5. The first kappa shape index (κ1) is 61.2. The Morgan fingerprint density at radius 3 is 2.02 bits per heavy atom. The van der Waals surface area contributed by atoms with Crippen LogP contribution in [0.5, 0.6) is 0 Å². The number of nitrogens with zero attached hydrogens (tertiary/aromatic N) is 12. The fraction of sp³-hybridized carbons (Fsp3) is 0.246. The van der Waals surface area contributed by atoms with E-state index >= 15 is 0 Å². The van der Waals surface area contributed by atoms with Crippen LogP contribution in [0.25, 0.3) is 61.6 Å². The fourth-order valence-electron chi connectivity index (χ4n) is 10.8. The maximum atomic E-state index is 12.7. The van der Waals surface area contributed by atoms with Crippen LogP contribution in [0.1, 0.15) is 63.9 Å². The molecule has 3 aliphatic heterocycles. The number of rotatable bonds is 12. The Labute approximate surface area is 511 Å². The molecule has 29 nitrogen and oxygen atoms in total. The second kappa shape index (κ2) is 25.3. The van der Waals surface area contributed by atoms with Crippen LogP contribution in [-0.4, -0.2) is 160 Å². The number of pyridine rings is 3. The fourth-order valence-corrected chi connectivity index (χ4v) is 10.8. The third-order valence-electron chi connectivity index (χ3n) is 15.3. The molecule has 0 radical (unpaired) electrons. The van der Waals surface area contributed by atoms with Gasteiger partial charge in [0.15, 0.2) is 35.4 Å². The van der Waals surface area contributed by atoms with Crippen LogP contribution in [0.4, 0.5) is 17.3 Å². The lowest BCUT2D eigenvalue weighted by Crippen LogP contribution is -2.34. The lowest BCUT2D eigenvalue weighted by molar-refractivity contribution is -0.114. The maximum absolute atomic E-state index is 12.7. The van der Waals surface area contributed by atoms with E-state index in [2.05, 4.69) is 40.7 Å². The van der Waals surface area contributed by atoms with E-state index in [-0.39, 0.29) is 30.1 Å². The number of hydrogen-bond acceptors (Lipinski definition) is 23. The van der Waals surface area contributed by atoms with Crippen molar-refractivity contribution in [2.24, 2.45) is 16.6 Å². The van der Waals surface area contributed by atoms with Gasteiger partial charge in [0.1, 0.15) is 83.0 Å². The second-order valence-corrected chi connectivity index (χ2v) is 21.3. The third kappa shape index (κ3) is 11.7. The van der Waals surface area contributed by atoms with Crippen molar-refractivity contribution in [3.63, 3.8) is 0 Å². The van der Waals surface area contributed by atoms with E-state index in [1.165, 1.54) is 17.8 Å². The van der Waals surface area contributed by atoms with Gasteiger partial charge in [0, 0.05) is 79.9 Å². The van der Waals surface area contributed by atoms with E-state index in [9.17, 15) is 49.8 Å². The summed E-state index contributed by atoms with van der Waals surface area (Å²) in [5, 5.41) is 70.8. The predicted molar refractivity (Wildman–Crippen MR) is 330 cm³/mol. The normalized spacial score (nSPS) is 20.1. The number of ether oxygens (including phenoxy) is 2. The Kier molecular flexibility index (Phi) is 17.2. The van der Waals surface area contributed by atoms with Crippen LogP contribution in [0.2, 0.25) is 0 Å². The van der Waals surface area contributed by atoms with Gasteiger partial charge in [-0.15, -0.1) is 0 Å². The topological polar surface area (TPSA) is 431 Å². The smallest absolute Gasteiger partial charge is 0.254 e. The van der Waals surface area contributed by atoms with E-state index in [1.54, 1.807) is 29.0 Å². The summed E-state index contributed by atoms with van der Waals surface area (Å²) in [6, 6.07) is 31.0. The molecule has 0 spiro atoms. The van der Waals surface area contributed by atoms with E-state index < -0.39 is 79.2 Å². The molecule has 464 valence electrons. The number of carbonyl (C=O) groups excluding carboxylic acids is 3. The minimum absolute atomic E-state index is 0. The number of nitrogens with two attached hydrogens (primary N) is 3. The highest BCUT2D eigenvalue weighted by atomic mass is 16.6. The van der Waals surface area contributed by atoms with Crippen LogP contribution < -0.4 is 38.3 Å². The largest absolute Gasteiger partial charge is 0.394 e. The van der Waals surface area contributed by atoms with Crippen LogP contribution in [-0.2, 0) is 20.8 Å². The Bertz CT molecular complexity index is 4510. The number of aryl methyl sites for hydroxylation is 2. The van der Waals surface area contributed by atoms with Crippen molar-refractivity contribution in [1.82, 2.24) is 53.9 Å². The molecule has 10 aromatic rings. The molecule has 3 aliphatic rings. The van der Waals surface area contributed by atoms with Crippen LogP contribution in [0.3, 0.4) is 0 Å². The lowest BCUT2D eigenvalue weighted by atomic mass is 10.1. The minimum atomic E-state index is -1.44. The number of fused-ring (bicyclic) bond motifs is 2. The highest BCUT2D eigenvalue weighted by molar-refractivity contribution is 6.14. The number of carbonyl (C=O) groups is 3. The van der Waals surface area contributed by atoms with Gasteiger partial charge in [-0.1, -0.05) is 42.0 Å². The van der Waals surface area contributed by atoms with Gasteiger partial charge >= 0.3 is 0 Å². The molecule has 3 aromatic carbocycles. The average molecular weight is 1230 g/mol. The van der Waals surface area contributed by atoms with Gasteiger partial charge in [-0.05, 0) is 80.1 Å². The number of hydrogen-bond donors (Lipinski definition) is 11. The van der Waals surface area contributed by atoms with Gasteiger partial charge in [0.05, 0.1) is 24.3 Å². The lowest BCUT2D eigenvalue weighted by Gasteiger charge is -2.21. The van der Waals surface area contributed by atoms with E-state index in [1.807, 2.05) is 115 Å². The first-order valence-corrected chi connectivity index (χ1v) is 28.0. The van der Waals surface area contributed by atoms with Crippen molar-refractivity contribution in [2.75, 3.05) is 36.3 Å². The number of aliphatic hydroxyl groups is 6. The number of nitrogens with one attached hydrogen (secondary N) is 2. The van der Waals surface area contributed by atoms with E-state index in [4.69, 9.17) is 36.6 Å². The number of amides is 3. The number of anilines is 3.